The standard InChI is InChI=1S/C20H32O2/c1-19-9-4-3-5-14(19)6-7-15-16(19)8-10-20(2)17(15)11-13(12-21)18(20)22/h13-17,21H,3-12H2,1-2H3/t13?,14?,15-,16-,17+,19+,20+/m1/s1. The first-order valence-corrected chi connectivity index (χ1v) is 9.66. The van der Waals surface area contributed by atoms with Crippen LogP contribution >= 0.6 is 0 Å². The molecule has 4 saturated carbocycles. The van der Waals surface area contributed by atoms with Crippen molar-refractivity contribution in [2.24, 2.45) is 40.4 Å². The maximum absolute atomic E-state index is 12.8. The lowest BCUT2D eigenvalue weighted by Crippen LogP contribution is -2.52. The maximum atomic E-state index is 12.8. The van der Waals surface area contributed by atoms with E-state index in [1.807, 2.05) is 0 Å². The van der Waals surface area contributed by atoms with E-state index in [1.165, 1.54) is 44.9 Å². The highest BCUT2D eigenvalue weighted by Crippen LogP contribution is 2.66. The van der Waals surface area contributed by atoms with E-state index in [0.29, 0.717) is 17.1 Å². The van der Waals surface area contributed by atoms with Crippen LogP contribution in [0.3, 0.4) is 0 Å². The fourth-order valence-electron chi connectivity index (χ4n) is 7.39. The van der Waals surface area contributed by atoms with Crippen molar-refractivity contribution in [3.63, 3.8) is 0 Å². The molecule has 4 rings (SSSR count). The van der Waals surface area contributed by atoms with E-state index in [4.69, 9.17) is 0 Å². The van der Waals surface area contributed by atoms with Gasteiger partial charge in [0.15, 0.2) is 0 Å². The number of ketones is 1. The monoisotopic (exact) mass is 304 g/mol. The van der Waals surface area contributed by atoms with Crippen molar-refractivity contribution >= 4 is 5.78 Å². The van der Waals surface area contributed by atoms with Crippen molar-refractivity contribution in [3.8, 4) is 0 Å². The number of Topliss-reactive ketones (excluding diaryl/α,β-unsaturated/α-hetero) is 1. The normalized spacial score (nSPS) is 54.5. The number of fused-ring (bicyclic) bond motifs is 5. The molecule has 0 aliphatic heterocycles. The van der Waals surface area contributed by atoms with Crippen LogP contribution in [0.5, 0.6) is 0 Å². The second-order valence-electron chi connectivity index (χ2n) is 9.34. The summed E-state index contributed by atoms with van der Waals surface area (Å²) < 4.78 is 0. The molecule has 124 valence electrons. The van der Waals surface area contributed by atoms with Crippen molar-refractivity contribution in [1.29, 1.82) is 0 Å². The molecule has 2 heteroatoms. The smallest absolute Gasteiger partial charge is 0.144 e. The predicted octanol–water partition coefficient (Wildman–Crippen LogP) is 4.21. The third-order valence-electron chi connectivity index (χ3n) is 8.67. The molecule has 1 N–H and O–H groups in total. The highest BCUT2D eigenvalue weighted by Gasteiger charge is 2.61. The molecule has 22 heavy (non-hydrogen) atoms. The Balaban J connectivity index is 1.65. The molecule has 0 radical (unpaired) electrons. The SMILES string of the molecule is C[C@]12CCCCC1CC[C@@H]1[C@H]2CC[C@]2(C)C(=O)C(CO)C[C@@H]12. The molecular weight excluding hydrogens is 272 g/mol. The van der Waals surface area contributed by atoms with Crippen LogP contribution in [-0.4, -0.2) is 17.5 Å². The molecule has 0 bridgehead atoms. The van der Waals surface area contributed by atoms with E-state index < -0.39 is 0 Å². The third kappa shape index (κ3) is 1.85. The summed E-state index contributed by atoms with van der Waals surface area (Å²) in [6.45, 7) is 4.87. The van der Waals surface area contributed by atoms with Crippen molar-refractivity contribution in [2.45, 2.75) is 71.6 Å². The lowest BCUT2D eigenvalue weighted by molar-refractivity contribution is -0.140. The van der Waals surface area contributed by atoms with E-state index in [-0.39, 0.29) is 17.9 Å². The molecule has 0 amide bonds. The quantitative estimate of drug-likeness (QED) is 0.788. The first-order valence-electron chi connectivity index (χ1n) is 9.66. The van der Waals surface area contributed by atoms with Gasteiger partial charge >= 0.3 is 0 Å². The van der Waals surface area contributed by atoms with Crippen LogP contribution in [0.4, 0.5) is 0 Å². The van der Waals surface area contributed by atoms with Crippen LogP contribution in [0.2, 0.25) is 0 Å². The molecule has 0 spiro atoms. The van der Waals surface area contributed by atoms with E-state index in [0.717, 1.165) is 30.6 Å². The minimum Gasteiger partial charge on any atom is -0.396 e. The minimum atomic E-state index is -0.119. The fourth-order valence-corrected chi connectivity index (χ4v) is 7.39. The summed E-state index contributed by atoms with van der Waals surface area (Å²) in [7, 11) is 0. The Bertz CT molecular complexity index is 472. The zero-order chi connectivity index (χ0) is 15.5. The Hall–Kier alpha value is -0.370. The number of carbonyl (C=O) groups excluding carboxylic acids is 1. The zero-order valence-corrected chi connectivity index (χ0v) is 14.3. The van der Waals surface area contributed by atoms with Gasteiger partial charge in [-0.2, -0.15) is 0 Å². The number of hydrogen-bond donors (Lipinski definition) is 1. The number of aliphatic hydroxyl groups is 1. The van der Waals surface area contributed by atoms with E-state index in [1.54, 1.807) is 0 Å². The summed E-state index contributed by atoms with van der Waals surface area (Å²) in [4.78, 5) is 12.8. The van der Waals surface area contributed by atoms with E-state index >= 15 is 0 Å². The molecular formula is C20H32O2. The highest BCUT2D eigenvalue weighted by atomic mass is 16.3. The molecule has 0 aromatic rings. The molecule has 2 nitrogen and oxygen atoms in total. The van der Waals surface area contributed by atoms with Crippen LogP contribution in [0.15, 0.2) is 0 Å². The van der Waals surface area contributed by atoms with Gasteiger partial charge < -0.3 is 5.11 Å². The first kappa shape index (κ1) is 15.2. The number of hydrogen-bond acceptors (Lipinski definition) is 2. The second-order valence-corrected chi connectivity index (χ2v) is 9.34. The summed E-state index contributed by atoms with van der Waals surface area (Å²) >= 11 is 0. The van der Waals surface area contributed by atoms with Gasteiger partial charge in [0.1, 0.15) is 5.78 Å². The van der Waals surface area contributed by atoms with Crippen LogP contribution in [0.25, 0.3) is 0 Å². The van der Waals surface area contributed by atoms with Crippen LogP contribution in [-0.2, 0) is 4.79 Å². The topological polar surface area (TPSA) is 37.3 Å². The largest absolute Gasteiger partial charge is 0.396 e. The fraction of sp³-hybridized carbons (Fsp3) is 0.950. The van der Waals surface area contributed by atoms with Gasteiger partial charge in [-0.15, -0.1) is 0 Å². The Kier molecular flexibility index (Phi) is 3.49. The van der Waals surface area contributed by atoms with Crippen molar-refractivity contribution in [2.75, 3.05) is 6.61 Å². The summed E-state index contributed by atoms with van der Waals surface area (Å²) in [5.41, 5.74) is 0.426. The van der Waals surface area contributed by atoms with Crippen LogP contribution < -0.4 is 0 Å². The molecule has 4 fully saturated rings. The molecule has 0 saturated heterocycles. The maximum Gasteiger partial charge on any atom is 0.144 e. The van der Waals surface area contributed by atoms with Gasteiger partial charge in [0, 0.05) is 11.3 Å². The van der Waals surface area contributed by atoms with E-state index in [2.05, 4.69) is 13.8 Å². The second kappa shape index (κ2) is 5.06. The molecule has 4 aliphatic carbocycles. The first-order chi connectivity index (χ1) is 10.5. The van der Waals surface area contributed by atoms with Crippen molar-refractivity contribution in [1.82, 2.24) is 0 Å². The van der Waals surface area contributed by atoms with Crippen molar-refractivity contribution in [3.05, 3.63) is 0 Å². The van der Waals surface area contributed by atoms with Crippen LogP contribution in [0.1, 0.15) is 71.6 Å². The summed E-state index contributed by atoms with van der Waals surface area (Å²) in [6, 6.07) is 0. The van der Waals surface area contributed by atoms with Gasteiger partial charge in [0.25, 0.3) is 0 Å². The Morgan fingerprint density at radius 3 is 2.64 bits per heavy atom. The lowest BCUT2D eigenvalue weighted by atomic mass is 9.45. The average molecular weight is 304 g/mol. The van der Waals surface area contributed by atoms with Gasteiger partial charge in [0.05, 0.1) is 6.61 Å². The van der Waals surface area contributed by atoms with Gasteiger partial charge in [-0.1, -0.05) is 26.7 Å². The van der Waals surface area contributed by atoms with Gasteiger partial charge in [-0.25, -0.2) is 0 Å². The zero-order valence-electron chi connectivity index (χ0n) is 14.3. The molecule has 7 atom stereocenters. The van der Waals surface area contributed by atoms with Crippen molar-refractivity contribution < 1.29 is 9.90 Å². The van der Waals surface area contributed by atoms with E-state index in [9.17, 15) is 9.90 Å². The number of aliphatic hydroxyl groups excluding tert-OH is 1. The lowest BCUT2D eigenvalue weighted by Gasteiger charge is -2.59. The predicted molar refractivity (Wildman–Crippen MR) is 87.3 cm³/mol. The third-order valence-corrected chi connectivity index (χ3v) is 8.67. The highest BCUT2D eigenvalue weighted by molar-refractivity contribution is 5.89. The molecule has 0 aromatic heterocycles. The summed E-state index contributed by atoms with van der Waals surface area (Å²) in [6.07, 6.45) is 11.7. The number of rotatable bonds is 1. The molecule has 0 heterocycles. The van der Waals surface area contributed by atoms with Gasteiger partial charge in [-0.05, 0) is 74.0 Å². The average Bonchev–Trinajstić information content (AvgIpc) is 2.78. The number of carbonyl (C=O) groups is 1. The summed E-state index contributed by atoms with van der Waals surface area (Å²) in [5.74, 6) is 3.40. The molecule has 2 unspecified atom stereocenters. The molecule has 4 aliphatic rings. The van der Waals surface area contributed by atoms with Gasteiger partial charge in [-0.3, -0.25) is 4.79 Å². The van der Waals surface area contributed by atoms with Crippen LogP contribution in [0, 0.1) is 40.4 Å². The Morgan fingerprint density at radius 1 is 1.05 bits per heavy atom. The summed E-state index contributed by atoms with van der Waals surface area (Å²) in [5, 5.41) is 9.61. The molecule has 0 aromatic carbocycles. The van der Waals surface area contributed by atoms with Gasteiger partial charge in [0.2, 0.25) is 0 Å². The Morgan fingerprint density at radius 2 is 1.86 bits per heavy atom. The minimum absolute atomic E-state index is 0.0642. The Labute approximate surface area is 135 Å².